The molecule has 0 saturated carbocycles. The lowest BCUT2D eigenvalue weighted by Gasteiger charge is -2.32. The Labute approximate surface area is 558 Å². The average molecular weight is 1350 g/mol. The van der Waals surface area contributed by atoms with Crippen molar-refractivity contribution in [3.63, 3.8) is 0 Å². The molecule has 2 aromatic carbocycles. The van der Waals surface area contributed by atoms with Gasteiger partial charge in [0.25, 0.3) is 0 Å². The van der Waals surface area contributed by atoms with Crippen LogP contribution < -0.4 is 82.7 Å². The third-order valence-electron chi connectivity index (χ3n) is 16.0. The van der Waals surface area contributed by atoms with Crippen molar-refractivity contribution in [3.8, 4) is 0 Å². The molecular weight excluding hydrogens is 1250 g/mol. The summed E-state index contributed by atoms with van der Waals surface area (Å²) in [5.74, 6) is -9.80. The van der Waals surface area contributed by atoms with Gasteiger partial charge in [0.2, 0.25) is 76.8 Å². The van der Waals surface area contributed by atoms with Crippen LogP contribution in [0.5, 0.6) is 0 Å². The number of carbonyl (C=O) groups excluding carboxylic acids is 13. The van der Waals surface area contributed by atoms with E-state index >= 15 is 0 Å². The Morgan fingerprint density at radius 2 is 1.01 bits per heavy atom. The third kappa shape index (κ3) is 27.5. The molecule has 0 unspecified atom stereocenters. The quantitative estimate of drug-likeness (QED) is 0.0173. The van der Waals surface area contributed by atoms with Crippen molar-refractivity contribution in [2.24, 2.45) is 51.0 Å². The van der Waals surface area contributed by atoms with E-state index in [0.717, 1.165) is 0 Å². The van der Waals surface area contributed by atoms with Gasteiger partial charge in [0.1, 0.15) is 54.4 Å². The Hall–Kier alpha value is -8.91. The molecule has 2 fully saturated rings. The zero-order valence-corrected chi connectivity index (χ0v) is 55.3. The smallest absolute Gasteiger partial charge is 0.245 e. The minimum absolute atomic E-state index is 0.0736. The fourth-order valence-corrected chi connectivity index (χ4v) is 11.5. The second kappa shape index (κ2) is 41.0. The maximum atomic E-state index is 14.7. The lowest BCUT2D eigenvalue weighted by molar-refractivity contribution is -0.144. The summed E-state index contributed by atoms with van der Waals surface area (Å²) in [6.45, 7) is 3.86. The summed E-state index contributed by atoms with van der Waals surface area (Å²) in [7, 11) is 0. The van der Waals surface area contributed by atoms with Crippen LogP contribution >= 0.6 is 11.8 Å². The van der Waals surface area contributed by atoms with Crippen LogP contribution in [-0.2, 0) is 75.2 Å². The van der Waals surface area contributed by atoms with E-state index in [-0.39, 0.29) is 83.0 Å². The molecule has 2 aliphatic rings. The highest BCUT2D eigenvalue weighted by atomic mass is 32.2. The van der Waals surface area contributed by atoms with E-state index in [1.54, 1.807) is 60.7 Å². The van der Waals surface area contributed by atoms with Gasteiger partial charge < -0.3 is 92.5 Å². The molecule has 2 aromatic rings. The number of hydrogen-bond donors (Lipinski definition) is 15. The summed E-state index contributed by atoms with van der Waals surface area (Å²) < 4.78 is 0. The van der Waals surface area contributed by atoms with E-state index in [0.29, 0.717) is 55.4 Å². The van der Waals surface area contributed by atoms with Crippen molar-refractivity contribution in [1.82, 2.24) is 52.3 Å². The molecule has 2 saturated heterocycles. The highest BCUT2D eigenvalue weighted by Crippen LogP contribution is 2.24. The lowest BCUT2D eigenvalue weighted by atomic mass is 10.0. The Morgan fingerprint density at radius 1 is 0.537 bits per heavy atom. The Bertz CT molecular complexity index is 2960. The van der Waals surface area contributed by atoms with Crippen molar-refractivity contribution in [3.05, 3.63) is 71.8 Å². The van der Waals surface area contributed by atoms with Crippen molar-refractivity contribution < 1.29 is 62.3 Å². The van der Waals surface area contributed by atoms with Gasteiger partial charge in [-0.15, -0.1) is 0 Å². The predicted octanol–water partition coefficient (Wildman–Crippen LogP) is -3.71. The first-order valence-corrected chi connectivity index (χ1v) is 33.6. The molecule has 31 nitrogen and oxygen atoms in total. The molecule has 2 aliphatic heterocycles. The molecule has 4 rings (SSSR count). The molecule has 2 heterocycles. The van der Waals surface area contributed by atoms with Gasteiger partial charge in [0.05, 0.1) is 12.6 Å². The number of rotatable bonds is 42. The first kappa shape index (κ1) is 78.5. The minimum atomic E-state index is -1.64. The zero-order valence-electron chi connectivity index (χ0n) is 54.5. The molecule has 13 amide bonds. The van der Waals surface area contributed by atoms with Gasteiger partial charge in [-0.2, -0.15) is 11.8 Å². The van der Waals surface area contributed by atoms with Crippen LogP contribution in [-0.4, -0.2) is 198 Å². The summed E-state index contributed by atoms with van der Waals surface area (Å²) >= 11 is 1.45. The molecule has 0 bridgehead atoms. The zero-order chi connectivity index (χ0) is 70.1. The number of nitrogens with two attached hydrogens (primary N) is 7. The largest absolute Gasteiger partial charge is 0.370 e. The van der Waals surface area contributed by atoms with Gasteiger partial charge in [-0.1, -0.05) is 74.5 Å². The van der Waals surface area contributed by atoms with Crippen molar-refractivity contribution in [2.45, 2.75) is 183 Å². The highest BCUT2D eigenvalue weighted by Gasteiger charge is 2.42. The van der Waals surface area contributed by atoms with Gasteiger partial charge in [-0.25, -0.2) is 0 Å². The van der Waals surface area contributed by atoms with Gasteiger partial charge >= 0.3 is 0 Å². The minimum Gasteiger partial charge on any atom is -0.370 e. The predicted molar refractivity (Wildman–Crippen MR) is 356 cm³/mol. The Kier molecular flexibility index (Phi) is 33.9. The summed E-state index contributed by atoms with van der Waals surface area (Å²) in [6.07, 6.45) is 3.12. The average Bonchev–Trinajstić information content (AvgIpc) is 1.74. The monoisotopic (exact) mass is 1350 g/mol. The molecule has 22 N–H and O–H groups in total. The number of carbonyl (C=O) groups is 13. The third-order valence-corrected chi connectivity index (χ3v) is 16.7. The molecule has 10 atom stereocenters. The van der Waals surface area contributed by atoms with Crippen LogP contribution in [0, 0.1) is 5.92 Å². The van der Waals surface area contributed by atoms with E-state index in [9.17, 15) is 62.3 Å². The molecule has 95 heavy (non-hydrogen) atoms. The first-order valence-electron chi connectivity index (χ1n) is 32.2. The van der Waals surface area contributed by atoms with Gasteiger partial charge in [-0.3, -0.25) is 67.3 Å². The van der Waals surface area contributed by atoms with Gasteiger partial charge in [0.15, 0.2) is 5.96 Å². The van der Waals surface area contributed by atoms with Gasteiger partial charge in [0, 0.05) is 45.3 Å². The first-order chi connectivity index (χ1) is 45.2. The number of thioether (sulfide) groups is 1. The van der Waals surface area contributed by atoms with E-state index in [1.165, 1.54) is 21.6 Å². The number of unbranched alkanes of at least 4 members (excludes halogenated alkanes) is 1. The number of amides is 13. The van der Waals surface area contributed by atoms with E-state index in [4.69, 9.17) is 40.1 Å². The van der Waals surface area contributed by atoms with Crippen molar-refractivity contribution in [2.75, 3.05) is 44.7 Å². The van der Waals surface area contributed by atoms with Crippen LogP contribution in [0.1, 0.15) is 121 Å². The summed E-state index contributed by atoms with van der Waals surface area (Å²) in [6, 6.07) is 4.51. The van der Waals surface area contributed by atoms with Crippen LogP contribution in [0.15, 0.2) is 65.7 Å². The normalized spacial score (nSPS) is 16.8. The molecule has 0 radical (unpaired) electrons. The number of guanidine groups is 1. The van der Waals surface area contributed by atoms with Crippen molar-refractivity contribution in [1.29, 1.82) is 0 Å². The number of benzene rings is 2. The molecule has 0 aliphatic carbocycles. The molecular formula is C63H98N18O13S. The van der Waals surface area contributed by atoms with E-state index in [1.807, 2.05) is 20.1 Å². The fourth-order valence-electron chi connectivity index (χ4n) is 11.0. The second-order valence-corrected chi connectivity index (χ2v) is 25.1. The fraction of sp³-hybridized carbons (Fsp3) is 0.587. The van der Waals surface area contributed by atoms with Gasteiger partial charge in [-0.05, 0) is 119 Å². The summed E-state index contributed by atoms with van der Waals surface area (Å²) in [5.41, 5.74) is 40.6. The summed E-state index contributed by atoms with van der Waals surface area (Å²) in [4.78, 5) is 185. The Balaban J connectivity index is 1.56. The maximum Gasteiger partial charge on any atom is 0.245 e. The Morgan fingerprint density at radius 3 is 1.51 bits per heavy atom. The SMILES string of the molecule is CSCC[C@H](NC(=O)[C@H](CC(C)C)NC(=O)CNC(=O)[C@@H](Cc1ccccc1)NC(=O)[C@@H](Cc1ccccc1)NC(=O)[C@@H](CCC(N)=O)NC(=O)[C@@H](CCC(N)=O)NC(=O)[C@@H]1CCCN1C(=O)[C@H](CCCCN)NC(=O)[C@H]1CCCN1C(=O)[C@H](N)CCCN=C(N)N)C(N)=O. The van der Waals surface area contributed by atoms with E-state index in [2.05, 4.69) is 47.5 Å². The molecule has 0 spiro atoms. The number of primary amides is 3. The number of nitrogens with one attached hydrogen (secondary N) is 8. The van der Waals surface area contributed by atoms with Crippen LogP contribution in [0.25, 0.3) is 0 Å². The van der Waals surface area contributed by atoms with Crippen LogP contribution in [0.3, 0.4) is 0 Å². The molecule has 524 valence electrons. The second-order valence-electron chi connectivity index (χ2n) is 24.1. The molecule has 32 heteroatoms. The van der Waals surface area contributed by atoms with Crippen LogP contribution in [0.4, 0.5) is 0 Å². The topological polar surface area (TPSA) is 519 Å². The standard InChI is InChI=1S/C63H98N18O13S/c1-37(2)33-45(57(89)74-41(53(68)85)27-32-95-3)73-52(84)36-72-54(86)46(34-38-15-6-4-7-16-38)78-58(90)47(35-39-17-8-5-9-18-39)79-56(88)42(23-25-50(66)82)75-55(87)43(24-26-51(67)83)76-59(91)49-22-14-31-81(49)62(94)44(20-10-11-28-64)77-60(92)48-21-13-30-80(48)61(93)40(65)19-12-29-71-63(69)70/h4-9,15-18,37,40-49H,10-14,19-36,64-65H2,1-3H3,(H2,66,82)(H2,67,83)(H2,68,85)(H,72,86)(H,73,84)(H,74,89)(H,75,87)(H,76,91)(H,77,92)(H,78,90)(H,79,88)(H4,69,70,71)/t40-,41+,42-,43-,44+,45+,46-,47-,48-,49+/m1/s1. The maximum absolute atomic E-state index is 14.7. The lowest BCUT2D eigenvalue weighted by Crippen LogP contribution is -2.60. The van der Waals surface area contributed by atoms with E-state index < -0.39 is 169 Å². The number of likely N-dealkylation sites (tertiary alicyclic amines) is 2. The number of aliphatic imine (C=N–C) groups is 1. The number of nitrogens with zero attached hydrogens (tertiary/aromatic N) is 3. The highest BCUT2D eigenvalue weighted by molar-refractivity contribution is 7.98. The summed E-state index contributed by atoms with van der Waals surface area (Å²) in [5, 5.41) is 21.1. The molecule has 0 aromatic heterocycles. The van der Waals surface area contributed by atoms with Crippen LogP contribution in [0.2, 0.25) is 0 Å². The number of hydrogen-bond acceptors (Lipinski definition) is 17. The van der Waals surface area contributed by atoms with Crippen molar-refractivity contribution >= 4 is 94.5 Å².